The second-order valence-corrected chi connectivity index (χ2v) is 6.63. The molecule has 0 radical (unpaired) electrons. The normalized spacial score (nSPS) is 16.7. The van der Waals surface area contributed by atoms with Crippen LogP contribution in [0.2, 0.25) is 0 Å². The van der Waals surface area contributed by atoms with Crippen molar-refractivity contribution in [3.8, 4) is 0 Å². The molecule has 1 fully saturated rings. The molecule has 0 aliphatic carbocycles. The lowest BCUT2D eigenvalue weighted by atomic mass is 10.1. The fraction of sp³-hybridized carbons (Fsp3) is 0.438. The zero-order chi connectivity index (χ0) is 16.8. The minimum absolute atomic E-state index is 0.0101. The molecule has 2 heterocycles. The maximum Gasteiger partial charge on any atom is 0.222 e. The topological polar surface area (TPSA) is 93.4 Å². The number of nitrogens with two attached hydrogens (primary N) is 1. The number of anilines is 1. The lowest BCUT2D eigenvalue weighted by Crippen LogP contribution is -2.39. The van der Waals surface area contributed by atoms with E-state index in [0.717, 1.165) is 38.4 Å². The van der Waals surface area contributed by atoms with Gasteiger partial charge in [-0.25, -0.2) is 0 Å². The number of carbonyl (C=O) groups is 1. The minimum Gasteiger partial charge on any atom is -0.379 e. The second kappa shape index (κ2) is 8.18. The van der Waals surface area contributed by atoms with Gasteiger partial charge in [0.25, 0.3) is 0 Å². The summed E-state index contributed by atoms with van der Waals surface area (Å²) in [5, 5.41) is 12.1. The first-order chi connectivity index (χ1) is 11.7. The standard InChI is InChI=1S/C16H21N5O2S/c17-16-20-19-15(24-16)14(12-4-2-1-3-5-12)18-13(22)6-7-21-8-10-23-11-9-21/h1-5,14H,6-11H2,(H2,17,20)(H,18,22)/t14-/m0/s1. The van der Waals surface area contributed by atoms with Crippen molar-refractivity contribution in [2.24, 2.45) is 0 Å². The van der Waals surface area contributed by atoms with E-state index in [2.05, 4.69) is 20.4 Å². The molecule has 128 valence electrons. The Kier molecular flexibility index (Phi) is 5.73. The summed E-state index contributed by atoms with van der Waals surface area (Å²) in [6.45, 7) is 3.95. The van der Waals surface area contributed by atoms with Crippen molar-refractivity contribution in [2.45, 2.75) is 12.5 Å². The predicted molar refractivity (Wildman–Crippen MR) is 92.6 cm³/mol. The van der Waals surface area contributed by atoms with Crippen LogP contribution in [0, 0.1) is 0 Å². The zero-order valence-corrected chi connectivity index (χ0v) is 14.2. The van der Waals surface area contributed by atoms with Gasteiger partial charge in [0.1, 0.15) is 11.0 Å². The van der Waals surface area contributed by atoms with Crippen molar-refractivity contribution in [3.63, 3.8) is 0 Å². The van der Waals surface area contributed by atoms with Gasteiger partial charge in [0, 0.05) is 26.1 Å². The van der Waals surface area contributed by atoms with Gasteiger partial charge in [0.05, 0.1) is 13.2 Å². The van der Waals surface area contributed by atoms with Crippen LogP contribution in [0.15, 0.2) is 30.3 Å². The highest BCUT2D eigenvalue weighted by molar-refractivity contribution is 7.15. The SMILES string of the molecule is Nc1nnc([C@@H](NC(=O)CCN2CCOCC2)c2ccccc2)s1. The summed E-state index contributed by atoms with van der Waals surface area (Å²) in [6.07, 6.45) is 0.442. The molecule has 1 aliphatic heterocycles. The highest BCUT2D eigenvalue weighted by Crippen LogP contribution is 2.25. The molecule has 1 saturated heterocycles. The summed E-state index contributed by atoms with van der Waals surface area (Å²) < 4.78 is 5.32. The lowest BCUT2D eigenvalue weighted by molar-refractivity contribution is -0.122. The smallest absolute Gasteiger partial charge is 0.222 e. The van der Waals surface area contributed by atoms with Crippen molar-refractivity contribution in [1.82, 2.24) is 20.4 Å². The molecule has 7 nitrogen and oxygen atoms in total. The van der Waals surface area contributed by atoms with Crippen LogP contribution in [0.25, 0.3) is 0 Å². The molecule has 0 bridgehead atoms. The Morgan fingerprint density at radius 1 is 1.29 bits per heavy atom. The highest BCUT2D eigenvalue weighted by atomic mass is 32.1. The average molecular weight is 347 g/mol. The quantitative estimate of drug-likeness (QED) is 0.811. The van der Waals surface area contributed by atoms with Gasteiger partial charge in [-0.3, -0.25) is 9.69 Å². The molecule has 0 saturated carbocycles. The van der Waals surface area contributed by atoms with Crippen LogP contribution in [0.3, 0.4) is 0 Å². The maximum absolute atomic E-state index is 12.4. The van der Waals surface area contributed by atoms with E-state index in [4.69, 9.17) is 10.5 Å². The number of benzene rings is 1. The largest absolute Gasteiger partial charge is 0.379 e. The van der Waals surface area contributed by atoms with Crippen LogP contribution in [0.4, 0.5) is 5.13 Å². The first kappa shape index (κ1) is 16.8. The molecule has 3 N–H and O–H groups in total. The Bertz CT molecular complexity index is 657. The third-order valence-corrected chi connectivity index (χ3v) is 4.72. The number of hydrogen-bond donors (Lipinski definition) is 2. The molecule has 1 aromatic carbocycles. The zero-order valence-electron chi connectivity index (χ0n) is 13.4. The van der Waals surface area contributed by atoms with E-state index < -0.39 is 0 Å². The van der Waals surface area contributed by atoms with Crippen molar-refractivity contribution in [3.05, 3.63) is 40.9 Å². The number of morpholine rings is 1. The number of nitrogen functional groups attached to an aromatic ring is 1. The average Bonchev–Trinajstić information content (AvgIpc) is 3.05. The number of hydrogen-bond acceptors (Lipinski definition) is 7. The molecule has 3 rings (SSSR count). The molecular formula is C16H21N5O2S. The van der Waals surface area contributed by atoms with Crippen LogP contribution >= 0.6 is 11.3 Å². The number of aromatic nitrogens is 2. The van der Waals surface area contributed by atoms with E-state index in [1.54, 1.807) is 0 Å². The minimum atomic E-state index is -0.321. The van der Waals surface area contributed by atoms with Gasteiger partial charge in [-0.05, 0) is 5.56 Å². The Morgan fingerprint density at radius 2 is 2.04 bits per heavy atom. The van der Waals surface area contributed by atoms with Crippen molar-refractivity contribution >= 4 is 22.4 Å². The number of rotatable bonds is 6. The van der Waals surface area contributed by atoms with Crippen molar-refractivity contribution in [1.29, 1.82) is 0 Å². The summed E-state index contributed by atoms with van der Waals surface area (Å²) in [6, 6.07) is 9.42. The van der Waals surface area contributed by atoms with Gasteiger partial charge in [-0.15, -0.1) is 10.2 Å². The Balaban J connectivity index is 1.64. The predicted octanol–water partition coefficient (Wildman–Crippen LogP) is 1.05. The van der Waals surface area contributed by atoms with Gasteiger partial charge in [-0.2, -0.15) is 0 Å². The van der Waals surface area contributed by atoms with E-state index in [1.165, 1.54) is 11.3 Å². The van der Waals surface area contributed by atoms with E-state index >= 15 is 0 Å². The third kappa shape index (κ3) is 4.50. The number of ether oxygens (including phenoxy) is 1. The summed E-state index contributed by atoms with van der Waals surface area (Å²) in [5.74, 6) is -0.0101. The van der Waals surface area contributed by atoms with Crippen LogP contribution in [-0.2, 0) is 9.53 Å². The Hall–Kier alpha value is -2.03. The summed E-state index contributed by atoms with van der Waals surface area (Å²) in [4.78, 5) is 14.6. The van der Waals surface area contributed by atoms with Crippen molar-refractivity contribution in [2.75, 3.05) is 38.6 Å². The maximum atomic E-state index is 12.4. The Morgan fingerprint density at radius 3 is 2.71 bits per heavy atom. The summed E-state index contributed by atoms with van der Waals surface area (Å²) in [7, 11) is 0. The third-order valence-electron chi connectivity index (χ3n) is 3.90. The van der Waals surface area contributed by atoms with E-state index in [0.29, 0.717) is 16.6 Å². The van der Waals surface area contributed by atoms with Gasteiger partial charge in [0.15, 0.2) is 0 Å². The van der Waals surface area contributed by atoms with Gasteiger partial charge in [0.2, 0.25) is 11.0 Å². The van der Waals surface area contributed by atoms with Gasteiger partial charge >= 0.3 is 0 Å². The van der Waals surface area contributed by atoms with Crippen LogP contribution in [0.5, 0.6) is 0 Å². The van der Waals surface area contributed by atoms with E-state index in [9.17, 15) is 4.79 Å². The number of nitrogens with zero attached hydrogens (tertiary/aromatic N) is 3. The van der Waals surface area contributed by atoms with Crippen LogP contribution in [-0.4, -0.2) is 53.9 Å². The molecule has 0 spiro atoms. The van der Waals surface area contributed by atoms with Crippen LogP contribution < -0.4 is 11.1 Å². The molecule has 2 aromatic rings. The van der Waals surface area contributed by atoms with E-state index in [1.807, 2.05) is 30.3 Å². The summed E-state index contributed by atoms with van der Waals surface area (Å²) >= 11 is 1.29. The number of amides is 1. The van der Waals surface area contributed by atoms with Gasteiger partial charge < -0.3 is 15.8 Å². The summed E-state index contributed by atoms with van der Waals surface area (Å²) in [5.41, 5.74) is 6.66. The first-order valence-electron chi connectivity index (χ1n) is 7.95. The highest BCUT2D eigenvalue weighted by Gasteiger charge is 2.21. The number of carbonyl (C=O) groups excluding carboxylic acids is 1. The molecule has 8 heteroatoms. The van der Waals surface area contributed by atoms with E-state index in [-0.39, 0.29) is 11.9 Å². The monoisotopic (exact) mass is 347 g/mol. The molecule has 1 aliphatic rings. The first-order valence-corrected chi connectivity index (χ1v) is 8.77. The number of nitrogens with one attached hydrogen (secondary N) is 1. The lowest BCUT2D eigenvalue weighted by Gasteiger charge is -2.26. The molecule has 1 atom stereocenters. The molecule has 1 amide bonds. The molecular weight excluding hydrogens is 326 g/mol. The molecule has 0 unspecified atom stereocenters. The van der Waals surface area contributed by atoms with Gasteiger partial charge in [-0.1, -0.05) is 41.7 Å². The molecule has 24 heavy (non-hydrogen) atoms. The van der Waals surface area contributed by atoms with Crippen molar-refractivity contribution < 1.29 is 9.53 Å². The second-order valence-electron chi connectivity index (χ2n) is 5.59. The fourth-order valence-corrected chi connectivity index (χ4v) is 3.30. The fourth-order valence-electron chi connectivity index (χ4n) is 2.61. The Labute approximate surface area is 144 Å². The molecule has 1 aromatic heterocycles. The van der Waals surface area contributed by atoms with Crippen LogP contribution in [0.1, 0.15) is 23.0 Å².